The Morgan fingerprint density at radius 3 is 2.45 bits per heavy atom. The van der Waals surface area contributed by atoms with Crippen LogP contribution in [-0.2, 0) is 4.79 Å². The predicted octanol–water partition coefficient (Wildman–Crippen LogP) is 2.78. The number of nitrogens with zero attached hydrogens (tertiary/aromatic N) is 2. The van der Waals surface area contributed by atoms with Crippen molar-refractivity contribution >= 4 is 17.6 Å². The number of hydrogen-bond donors (Lipinski definition) is 0. The molecule has 0 saturated carbocycles. The smallest absolute Gasteiger partial charge is 0.311 e. The number of carbonyl (C=O) groups excluding carboxylic acids is 2. The number of hydrogen-bond acceptors (Lipinski definition) is 2. The fourth-order valence-electron chi connectivity index (χ4n) is 3.24. The van der Waals surface area contributed by atoms with Crippen LogP contribution in [-0.4, -0.2) is 29.4 Å². The van der Waals surface area contributed by atoms with Crippen LogP contribution in [0.15, 0.2) is 24.3 Å². The summed E-state index contributed by atoms with van der Waals surface area (Å²) in [5.74, 6) is -0.586. The monoisotopic (exact) mass is 276 g/mol. The molecule has 2 aliphatic rings. The molecule has 3 rings (SSSR count). The van der Waals surface area contributed by atoms with E-state index in [9.17, 15) is 14.0 Å². The average Bonchev–Trinajstić information content (AvgIpc) is 2.64. The topological polar surface area (TPSA) is 40.6 Å². The Bertz CT molecular complexity index is 568. The second-order valence-electron chi connectivity index (χ2n) is 6.12. The average molecular weight is 276 g/mol. The zero-order valence-corrected chi connectivity index (χ0v) is 11.6. The summed E-state index contributed by atoms with van der Waals surface area (Å²) in [7, 11) is 0. The van der Waals surface area contributed by atoms with Gasteiger partial charge in [0.2, 0.25) is 0 Å². The third-order valence-electron chi connectivity index (χ3n) is 4.25. The molecule has 1 unspecified atom stereocenters. The molecule has 4 nitrogen and oxygen atoms in total. The van der Waals surface area contributed by atoms with Gasteiger partial charge in [-0.3, -0.25) is 4.79 Å². The lowest BCUT2D eigenvalue weighted by molar-refractivity contribution is -0.124. The van der Waals surface area contributed by atoms with E-state index in [1.807, 2.05) is 13.8 Å². The molecule has 1 aromatic rings. The number of anilines is 1. The molecule has 2 aliphatic heterocycles. The minimum absolute atomic E-state index is 0.202. The van der Waals surface area contributed by atoms with Crippen LogP contribution in [0.3, 0.4) is 0 Å². The van der Waals surface area contributed by atoms with Crippen molar-refractivity contribution in [1.29, 1.82) is 0 Å². The molecule has 20 heavy (non-hydrogen) atoms. The first-order valence-corrected chi connectivity index (χ1v) is 6.82. The van der Waals surface area contributed by atoms with Gasteiger partial charge in [-0.05, 0) is 42.5 Å². The maximum absolute atomic E-state index is 13.0. The van der Waals surface area contributed by atoms with Crippen molar-refractivity contribution in [1.82, 2.24) is 4.90 Å². The van der Waals surface area contributed by atoms with Crippen molar-refractivity contribution in [2.24, 2.45) is 5.41 Å². The standard InChI is InChI=1S/C15H17FN2O2/c1-15(2)8-3-9-17-12(15)13(19)18(14(17)20)11-6-4-10(16)5-7-11/h4-7,12H,3,8-9H2,1-2H3. The fraction of sp³-hybridized carbons (Fsp3) is 0.467. The van der Waals surface area contributed by atoms with E-state index in [0.717, 1.165) is 12.8 Å². The van der Waals surface area contributed by atoms with Gasteiger partial charge < -0.3 is 4.90 Å². The van der Waals surface area contributed by atoms with Crippen LogP contribution in [0, 0.1) is 11.2 Å². The van der Waals surface area contributed by atoms with Crippen LogP contribution in [0.2, 0.25) is 0 Å². The van der Waals surface area contributed by atoms with Gasteiger partial charge in [-0.15, -0.1) is 0 Å². The first-order valence-electron chi connectivity index (χ1n) is 6.82. The molecule has 1 atom stereocenters. The van der Waals surface area contributed by atoms with E-state index in [0.29, 0.717) is 12.2 Å². The maximum atomic E-state index is 13.0. The molecule has 0 N–H and O–H groups in total. The quantitative estimate of drug-likeness (QED) is 0.740. The number of piperidine rings is 1. The number of rotatable bonds is 1. The minimum atomic E-state index is -0.409. The number of imide groups is 1. The van der Waals surface area contributed by atoms with Crippen molar-refractivity contribution in [3.8, 4) is 0 Å². The largest absolute Gasteiger partial charge is 0.332 e. The van der Waals surface area contributed by atoms with Gasteiger partial charge >= 0.3 is 6.03 Å². The highest BCUT2D eigenvalue weighted by molar-refractivity contribution is 6.21. The first-order chi connectivity index (χ1) is 9.42. The summed E-state index contributed by atoms with van der Waals surface area (Å²) >= 11 is 0. The van der Waals surface area contributed by atoms with Crippen LogP contribution in [0.1, 0.15) is 26.7 Å². The Morgan fingerprint density at radius 2 is 1.85 bits per heavy atom. The number of carbonyl (C=O) groups is 2. The summed E-state index contributed by atoms with van der Waals surface area (Å²) < 4.78 is 13.0. The summed E-state index contributed by atoms with van der Waals surface area (Å²) in [5, 5.41) is 0. The van der Waals surface area contributed by atoms with E-state index in [2.05, 4.69) is 0 Å². The Morgan fingerprint density at radius 1 is 1.20 bits per heavy atom. The summed E-state index contributed by atoms with van der Waals surface area (Å²) in [6.45, 7) is 4.64. The van der Waals surface area contributed by atoms with Crippen molar-refractivity contribution in [2.45, 2.75) is 32.7 Å². The summed E-state index contributed by atoms with van der Waals surface area (Å²) in [6.07, 6.45) is 1.82. The molecule has 0 aliphatic carbocycles. The zero-order chi connectivity index (χ0) is 14.5. The first kappa shape index (κ1) is 13.1. The molecule has 3 amide bonds. The summed E-state index contributed by atoms with van der Waals surface area (Å²) in [5.41, 5.74) is 0.214. The van der Waals surface area contributed by atoms with E-state index in [-0.39, 0.29) is 23.2 Å². The zero-order valence-electron chi connectivity index (χ0n) is 11.6. The SMILES string of the molecule is CC1(C)CCCN2C(=O)N(c3ccc(F)cc3)C(=O)C21. The molecule has 0 bridgehead atoms. The van der Waals surface area contributed by atoms with Crippen molar-refractivity contribution in [2.75, 3.05) is 11.4 Å². The van der Waals surface area contributed by atoms with Gasteiger partial charge in [-0.25, -0.2) is 14.1 Å². The van der Waals surface area contributed by atoms with Crippen LogP contribution < -0.4 is 4.90 Å². The van der Waals surface area contributed by atoms with Gasteiger partial charge in [0.1, 0.15) is 11.9 Å². The number of amides is 3. The van der Waals surface area contributed by atoms with Crippen LogP contribution in [0.4, 0.5) is 14.9 Å². The van der Waals surface area contributed by atoms with Crippen molar-refractivity contribution in [3.63, 3.8) is 0 Å². The molecule has 0 spiro atoms. The lowest BCUT2D eigenvalue weighted by Gasteiger charge is -2.39. The Balaban J connectivity index is 2.00. The Hall–Kier alpha value is -1.91. The van der Waals surface area contributed by atoms with E-state index in [4.69, 9.17) is 0 Å². The van der Waals surface area contributed by atoms with Gasteiger partial charge in [0, 0.05) is 6.54 Å². The van der Waals surface area contributed by atoms with Crippen molar-refractivity contribution < 1.29 is 14.0 Å². The molecule has 5 heteroatoms. The van der Waals surface area contributed by atoms with Crippen LogP contribution in [0.25, 0.3) is 0 Å². The number of benzene rings is 1. The van der Waals surface area contributed by atoms with Crippen LogP contribution in [0.5, 0.6) is 0 Å². The minimum Gasteiger partial charge on any atom is -0.311 e. The highest BCUT2D eigenvalue weighted by Crippen LogP contribution is 2.41. The third kappa shape index (κ3) is 1.80. The lowest BCUT2D eigenvalue weighted by Crippen LogP contribution is -2.49. The van der Waals surface area contributed by atoms with Gasteiger partial charge in [-0.1, -0.05) is 13.8 Å². The van der Waals surface area contributed by atoms with E-state index < -0.39 is 6.04 Å². The second-order valence-corrected chi connectivity index (χ2v) is 6.12. The molecule has 1 aromatic carbocycles. The molecule has 0 aromatic heterocycles. The molecular formula is C15H17FN2O2. The van der Waals surface area contributed by atoms with E-state index in [1.165, 1.54) is 29.2 Å². The Labute approximate surface area is 117 Å². The second kappa shape index (κ2) is 4.30. The maximum Gasteiger partial charge on any atom is 0.332 e. The van der Waals surface area contributed by atoms with Gasteiger partial charge in [0.15, 0.2) is 0 Å². The van der Waals surface area contributed by atoms with Crippen LogP contribution >= 0.6 is 0 Å². The Kier molecular flexibility index (Phi) is 2.81. The van der Waals surface area contributed by atoms with Gasteiger partial charge in [0.05, 0.1) is 5.69 Å². The molecule has 2 fully saturated rings. The molecule has 2 saturated heterocycles. The van der Waals surface area contributed by atoms with Crippen molar-refractivity contribution in [3.05, 3.63) is 30.1 Å². The molecular weight excluding hydrogens is 259 g/mol. The lowest BCUT2D eigenvalue weighted by atomic mass is 9.77. The fourth-order valence-corrected chi connectivity index (χ4v) is 3.24. The molecule has 2 heterocycles. The third-order valence-corrected chi connectivity index (χ3v) is 4.25. The van der Waals surface area contributed by atoms with E-state index in [1.54, 1.807) is 4.90 Å². The highest BCUT2D eigenvalue weighted by Gasteiger charge is 2.53. The number of fused-ring (bicyclic) bond motifs is 1. The predicted molar refractivity (Wildman–Crippen MR) is 72.8 cm³/mol. The summed E-state index contributed by atoms with van der Waals surface area (Å²) in [4.78, 5) is 27.9. The van der Waals surface area contributed by atoms with E-state index >= 15 is 0 Å². The van der Waals surface area contributed by atoms with Gasteiger partial charge in [0.25, 0.3) is 5.91 Å². The summed E-state index contributed by atoms with van der Waals surface area (Å²) in [6, 6.07) is 4.76. The number of halogens is 1. The number of urea groups is 1. The van der Waals surface area contributed by atoms with Gasteiger partial charge in [-0.2, -0.15) is 0 Å². The molecule has 0 radical (unpaired) electrons. The highest BCUT2D eigenvalue weighted by atomic mass is 19.1. The molecule has 106 valence electrons. The normalized spacial score (nSPS) is 25.1.